The highest BCUT2D eigenvalue weighted by Gasteiger charge is 2.01. The molecule has 5 nitrogen and oxygen atoms in total. The van der Waals surface area contributed by atoms with Crippen molar-refractivity contribution in [2.75, 3.05) is 19.5 Å². The number of H-pyrrole nitrogens is 1. The third kappa shape index (κ3) is 2.02. The first-order valence-corrected chi connectivity index (χ1v) is 5.16. The van der Waals surface area contributed by atoms with Gasteiger partial charge in [-0.25, -0.2) is 15.0 Å². The van der Waals surface area contributed by atoms with Crippen LogP contribution in [0.3, 0.4) is 0 Å². The number of nitrogens with zero attached hydrogens (tertiary/aromatic N) is 3. The normalized spacial score (nSPS) is 10.9. The van der Waals surface area contributed by atoms with Gasteiger partial charge in [0.05, 0.1) is 19.1 Å². The lowest BCUT2D eigenvalue weighted by atomic mass is 10.6. The van der Waals surface area contributed by atoms with E-state index in [4.69, 9.17) is 4.74 Å². The minimum atomic E-state index is 0.701. The molecular formula is C8H10N4OS. The minimum Gasteiger partial charge on any atom is -0.384 e. The molecule has 74 valence electrons. The molecule has 2 rings (SSSR count). The highest BCUT2D eigenvalue weighted by molar-refractivity contribution is 7.99. The maximum atomic E-state index is 4.94. The summed E-state index contributed by atoms with van der Waals surface area (Å²) in [6.45, 7) is 0.701. The van der Waals surface area contributed by atoms with Gasteiger partial charge in [0.2, 0.25) is 0 Å². The van der Waals surface area contributed by atoms with E-state index in [1.807, 2.05) is 0 Å². The number of fused-ring (bicyclic) bond motifs is 1. The zero-order valence-electron chi connectivity index (χ0n) is 7.73. The van der Waals surface area contributed by atoms with E-state index in [0.717, 1.165) is 16.4 Å². The molecule has 0 aliphatic carbocycles. The zero-order valence-corrected chi connectivity index (χ0v) is 8.54. The topological polar surface area (TPSA) is 63.7 Å². The molecule has 2 aromatic heterocycles. The number of aromatic nitrogens is 4. The highest BCUT2D eigenvalue weighted by atomic mass is 32.2. The van der Waals surface area contributed by atoms with Crippen molar-refractivity contribution in [3.05, 3.63) is 12.5 Å². The highest BCUT2D eigenvalue weighted by Crippen LogP contribution is 2.14. The molecule has 14 heavy (non-hydrogen) atoms. The van der Waals surface area contributed by atoms with Crippen molar-refractivity contribution in [3.63, 3.8) is 0 Å². The molecule has 0 fully saturated rings. The number of methoxy groups -OCH3 is 1. The van der Waals surface area contributed by atoms with Gasteiger partial charge in [-0.2, -0.15) is 0 Å². The van der Waals surface area contributed by atoms with Crippen molar-refractivity contribution in [1.82, 2.24) is 19.9 Å². The third-order valence-corrected chi connectivity index (χ3v) is 2.50. The number of imidazole rings is 1. The smallest absolute Gasteiger partial charge is 0.189 e. The maximum Gasteiger partial charge on any atom is 0.189 e. The van der Waals surface area contributed by atoms with Crippen molar-refractivity contribution < 1.29 is 4.74 Å². The molecule has 0 spiro atoms. The summed E-state index contributed by atoms with van der Waals surface area (Å²) in [7, 11) is 1.68. The zero-order chi connectivity index (χ0) is 9.80. The summed E-state index contributed by atoms with van der Waals surface area (Å²) < 4.78 is 4.94. The van der Waals surface area contributed by atoms with Gasteiger partial charge >= 0.3 is 0 Å². The van der Waals surface area contributed by atoms with Crippen LogP contribution in [-0.4, -0.2) is 39.4 Å². The van der Waals surface area contributed by atoms with E-state index in [1.54, 1.807) is 31.4 Å². The molecule has 0 saturated heterocycles. The van der Waals surface area contributed by atoms with Gasteiger partial charge in [-0.15, -0.1) is 0 Å². The summed E-state index contributed by atoms with van der Waals surface area (Å²) in [6, 6.07) is 0. The second-order valence-electron chi connectivity index (χ2n) is 2.63. The number of hydrogen-bond donors (Lipinski definition) is 1. The lowest BCUT2D eigenvalue weighted by Gasteiger charge is -1.98. The van der Waals surface area contributed by atoms with E-state index in [2.05, 4.69) is 19.9 Å². The van der Waals surface area contributed by atoms with E-state index in [0.29, 0.717) is 12.3 Å². The molecule has 1 N–H and O–H groups in total. The summed E-state index contributed by atoms with van der Waals surface area (Å²) in [5.74, 6) is 0.854. The van der Waals surface area contributed by atoms with Gasteiger partial charge in [0.1, 0.15) is 5.52 Å². The molecule has 0 unspecified atom stereocenters. The fourth-order valence-corrected chi connectivity index (χ4v) is 1.72. The van der Waals surface area contributed by atoms with E-state index in [-0.39, 0.29) is 0 Å². The van der Waals surface area contributed by atoms with Crippen molar-refractivity contribution in [2.45, 2.75) is 5.16 Å². The second kappa shape index (κ2) is 4.39. The number of ether oxygens (including phenoxy) is 1. The Hall–Kier alpha value is -1.14. The summed E-state index contributed by atoms with van der Waals surface area (Å²) >= 11 is 1.56. The predicted molar refractivity (Wildman–Crippen MR) is 54.3 cm³/mol. The first-order valence-electron chi connectivity index (χ1n) is 4.18. The molecule has 0 atom stereocenters. The molecule has 0 bridgehead atoms. The first-order chi connectivity index (χ1) is 6.90. The second-order valence-corrected chi connectivity index (χ2v) is 3.70. The van der Waals surface area contributed by atoms with Crippen LogP contribution >= 0.6 is 11.8 Å². The lowest BCUT2D eigenvalue weighted by Crippen LogP contribution is -1.94. The number of nitrogens with one attached hydrogen (secondary N) is 1. The number of aromatic amines is 1. The molecule has 0 aliphatic heterocycles. The fourth-order valence-electron chi connectivity index (χ4n) is 1.01. The largest absolute Gasteiger partial charge is 0.384 e. The molecule has 0 aliphatic rings. The minimum absolute atomic E-state index is 0.701. The van der Waals surface area contributed by atoms with Crippen molar-refractivity contribution in [2.24, 2.45) is 0 Å². The van der Waals surface area contributed by atoms with Crippen LogP contribution in [0, 0.1) is 0 Å². The van der Waals surface area contributed by atoms with Gasteiger partial charge in [-0.05, 0) is 0 Å². The van der Waals surface area contributed by atoms with Crippen LogP contribution in [0.4, 0.5) is 0 Å². The van der Waals surface area contributed by atoms with Crippen LogP contribution < -0.4 is 0 Å². The Kier molecular flexibility index (Phi) is 2.95. The standard InChI is InChI=1S/C8H10N4OS/c1-13-2-3-14-8-9-4-6-7(12-8)11-5-10-6/h4-5H,2-3H2,1H3,(H,9,10,11,12). The summed E-state index contributed by atoms with van der Waals surface area (Å²) in [5, 5.41) is 0.738. The molecule has 2 heterocycles. The first kappa shape index (κ1) is 9.42. The average Bonchev–Trinajstić information content (AvgIpc) is 2.65. The van der Waals surface area contributed by atoms with Gasteiger partial charge in [0.15, 0.2) is 10.8 Å². The third-order valence-electron chi connectivity index (χ3n) is 1.67. The number of hydrogen-bond acceptors (Lipinski definition) is 5. The van der Waals surface area contributed by atoms with Gasteiger partial charge in [0.25, 0.3) is 0 Å². The van der Waals surface area contributed by atoms with Crippen molar-refractivity contribution in [1.29, 1.82) is 0 Å². The van der Waals surface area contributed by atoms with Crippen molar-refractivity contribution >= 4 is 22.9 Å². The van der Waals surface area contributed by atoms with E-state index in [1.165, 1.54) is 0 Å². The molecule has 6 heteroatoms. The van der Waals surface area contributed by atoms with Crippen LogP contribution in [0.5, 0.6) is 0 Å². The Labute approximate surface area is 85.3 Å². The number of thioether (sulfide) groups is 1. The van der Waals surface area contributed by atoms with Gasteiger partial charge in [-0.1, -0.05) is 11.8 Å². The fraction of sp³-hybridized carbons (Fsp3) is 0.375. The monoisotopic (exact) mass is 210 g/mol. The Morgan fingerprint density at radius 2 is 2.43 bits per heavy atom. The Bertz CT molecular complexity index is 416. The van der Waals surface area contributed by atoms with Crippen LogP contribution in [0.1, 0.15) is 0 Å². The quantitative estimate of drug-likeness (QED) is 0.465. The molecule has 0 amide bonds. The van der Waals surface area contributed by atoms with E-state index in [9.17, 15) is 0 Å². The van der Waals surface area contributed by atoms with E-state index < -0.39 is 0 Å². The van der Waals surface area contributed by atoms with Crippen LogP contribution in [0.15, 0.2) is 17.7 Å². The van der Waals surface area contributed by atoms with Gasteiger partial charge in [-0.3, -0.25) is 0 Å². The van der Waals surface area contributed by atoms with Crippen LogP contribution in [0.25, 0.3) is 11.2 Å². The Morgan fingerprint density at radius 3 is 3.29 bits per heavy atom. The maximum absolute atomic E-state index is 4.94. The molecule has 0 radical (unpaired) electrons. The Morgan fingerprint density at radius 1 is 1.50 bits per heavy atom. The molecule has 0 saturated carbocycles. The van der Waals surface area contributed by atoms with Gasteiger partial charge in [0, 0.05) is 12.9 Å². The molecule has 2 aromatic rings. The average molecular weight is 210 g/mol. The van der Waals surface area contributed by atoms with Crippen molar-refractivity contribution in [3.8, 4) is 0 Å². The lowest BCUT2D eigenvalue weighted by molar-refractivity contribution is 0.218. The van der Waals surface area contributed by atoms with Gasteiger partial charge < -0.3 is 9.72 Å². The Balaban J connectivity index is 2.10. The molecular weight excluding hydrogens is 200 g/mol. The SMILES string of the molecule is COCCSc1ncc2[nH]cnc2n1. The van der Waals surface area contributed by atoms with Crippen LogP contribution in [-0.2, 0) is 4.74 Å². The number of rotatable bonds is 4. The van der Waals surface area contributed by atoms with E-state index >= 15 is 0 Å². The summed E-state index contributed by atoms with van der Waals surface area (Å²) in [4.78, 5) is 15.4. The molecule has 0 aromatic carbocycles. The van der Waals surface area contributed by atoms with Crippen LogP contribution in [0.2, 0.25) is 0 Å². The predicted octanol–water partition coefficient (Wildman–Crippen LogP) is 1.09. The summed E-state index contributed by atoms with van der Waals surface area (Å²) in [5.41, 5.74) is 1.57. The summed E-state index contributed by atoms with van der Waals surface area (Å²) in [6.07, 6.45) is 3.35.